The Morgan fingerprint density at radius 1 is 1.07 bits per heavy atom. The van der Waals surface area contributed by atoms with Gasteiger partial charge in [0.15, 0.2) is 0 Å². The van der Waals surface area contributed by atoms with Crippen molar-refractivity contribution in [2.75, 3.05) is 19.5 Å². The Bertz CT molecular complexity index is 743. The Labute approximate surface area is 167 Å². The summed E-state index contributed by atoms with van der Waals surface area (Å²) < 4.78 is 6.09. The number of ether oxygens (including phenoxy) is 1. The van der Waals surface area contributed by atoms with Crippen LogP contribution < -0.4 is 4.74 Å². The number of thioether (sulfide) groups is 1. The highest BCUT2D eigenvalue weighted by Crippen LogP contribution is 2.30. The van der Waals surface area contributed by atoms with Gasteiger partial charge in [-0.15, -0.1) is 11.8 Å². The highest BCUT2D eigenvalue weighted by molar-refractivity contribution is 7.99. The van der Waals surface area contributed by atoms with E-state index >= 15 is 0 Å². The number of nitrogens with zero attached hydrogens (tertiary/aromatic N) is 1. The van der Waals surface area contributed by atoms with Crippen LogP contribution in [0.2, 0.25) is 0 Å². The molecule has 3 nitrogen and oxygen atoms in total. The zero-order valence-electron chi connectivity index (χ0n) is 16.7. The minimum Gasteiger partial charge on any atom is -0.493 e. The van der Waals surface area contributed by atoms with Crippen molar-refractivity contribution in [3.8, 4) is 5.75 Å². The standard InChI is InChI=1S/C23H29NO2S/c1-5-6-14-27-22-15-18(2)23(19(3)16-22)26-13-7-8-20-9-11-21(12-10-20)17-24-25-4/h5-6,9-12,15-17H,7-8,13-14H2,1-4H3/b6-5+,24-17?. The fourth-order valence-corrected chi connectivity index (χ4v) is 3.80. The van der Waals surface area contributed by atoms with Gasteiger partial charge in [-0.3, -0.25) is 0 Å². The summed E-state index contributed by atoms with van der Waals surface area (Å²) in [7, 11) is 1.55. The summed E-state index contributed by atoms with van der Waals surface area (Å²) in [6.45, 7) is 7.03. The lowest BCUT2D eigenvalue weighted by atomic mass is 10.1. The van der Waals surface area contributed by atoms with E-state index in [4.69, 9.17) is 9.57 Å². The highest BCUT2D eigenvalue weighted by Gasteiger charge is 2.07. The minimum atomic E-state index is 0.722. The van der Waals surface area contributed by atoms with E-state index in [9.17, 15) is 0 Å². The normalized spacial score (nSPS) is 11.4. The number of aryl methyl sites for hydroxylation is 3. The Morgan fingerprint density at radius 2 is 1.78 bits per heavy atom. The fraction of sp³-hybridized carbons (Fsp3) is 0.348. The summed E-state index contributed by atoms with van der Waals surface area (Å²) in [5, 5.41) is 3.77. The van der Waals surface area contributed by atoms with Gasteiger partial charge in [0, 0.05) is 10.6 Å². The van der Waals surface area contributed by atoms with Gasteiger partial charge in [-0.2, -0.15) is 0 Å². The smallest absolute Gasteiger partial charge is 0.125 e. The monoisotopic (exact) mass is 383 g/mol. The maximum Gasteiger partial charge on any atom is 0.125 e. The predicted molar refractivity (Wildman–Crippen MR) is 116 cm³/mol. The molecule has 0 saturated carbocycles. The van der Waals surface area contributed by atoms with Crippen molar-refractivity contribution in [3.05, 3.63) is 70.8 Å². The molecule has 0 atom stereocenters. The first-order valence-electron chi connectivity index (χ1n) is 9.27. The first-order valence-corrected chi connectivity index (χ1v) is 10.3. The van der Waals surface area contributed by atoms with E-state index < -0.39 is 0 Å². The topological polar surface area (TPSA) is 30.8 Å². The molecule has 2 aromatic rings. The molecule has 0 aliphatic heterocycles. The van der Waals surface area contributed by atoms with E-state index in [1.807, 2.05) is 11.8 Å². The lowest BCUT2D eigenvalue weighted by Crippen LogP contribution is -2.02. The number of rotatable bonds is 10. The van der Waals surface area contributed by atoms with E-state index in [-0.39, 0.29) is 0 Å². The molecule has 2 rings (SSSR count). The van der Waals surface area contributed by atoms with Gasteiger partial charge in [0.05, 0.1) is 12.8 Å². The number of allylic oxidation sites excluding steroid dienone is 1. The lowest BCUT2D eigenvalue weighted by Gasteiger charge is -2.14. The zero-order chi connectivity index (χ0) is 19.5. The van der Waals surface area contributed by atoms with Crippen molar-refractivity contribution < 1.29 is 9.57 Å². The van der Waals surface area contributed by atoms with Crippen molar-refractivity contribution in [1.29, 1.82) is 0 Å². The van der Waals surface area contributed by atoms with E-state index in [0.717, 1.165) is 36.5 Å². The molecular weight excluding hydrogens is 354 g/mol. The molecule has 0 fully saturated rings. The van der Waals surface area contributed by atoms with Gasteiger partial charge in [-0.05, 0) is 68.0 Å². The van der Waals surface area contributed by atoms with Gasteiger partial charge in [0.2, 0.25) is 0 Å². The van der Waals surface area contributed by atoms with E-state index in [0.29, 0.717) is 0 Å². The van der Waals surface area contributed by atoms with Crippen LogP contribution in [-0.4, -0.2) is 25.7 Å². The van der Waals surface area contributed by atoms with Gasteiger partial charge >= 0.3 is 0 Å². The molecule has 0 aliphatic rings. The SMILES string of the molecule is C/C=C/CSc1cc(C)c(OCCCc2ccc(C=NOC)cc2)c(C)c1. The summed E-state index contributed by atoms with van der Waals surface area (Å²) in [4.78, 5) is 6.00. The molecule has 0 amide bonds. The number of benzene rings is 2. The predicted octanol–water partition coefficient (Wildman–Crippen LogP) is 5.96. The van der Waals surface area contributed by atoms with Crippen LogP contribution in [-0.2, 0) is 11.3 Å². The molecular formula is C23H29NO2S. The highest BCUT2D eigenvalue weighted by atomic mass is 32.2. The van der Waals surface area contributed by atoms with Gasteiger partial charge in [-0.25, -0.2) is 0 Å². The van der Waals surface area contributed by atoms with Crippen LogP contribution in [0.25, 0.3) is 0 Å². The van der Waals surface area contributed by atoms with Crippen LogP contribution >= 0.6 is 11.8 Å². The summed E-state index contributed by atoms with van der Waals surface area (Å²) in [5.74, 6) is 2.03. The van der Waals surface area contributed by atoms with Crippen LogP contribution in [0.4, 0.5) is 0 Å². The van der Waals surface area contributed by atoms with Crippen LogP contribution in [0.5, 0.6) is 5.75 Å². The average molecular weight is 384 g/mol. The largest absolute Gasteiger partial charge is 0.493 e. The average Bonchev–Trinajstić information content (AvgIpc) is 2.66. The van der Waals surface area contributed by atoms with E-state index in [2.05, 4.69) is 74.5 Å². The number of hydrogen-bond acceptors (Lipinski definition) is 4. The molecule has 0 heterocycles. The van der Waals surface area contributed by atoms with Crippen LogP contribution in [0, 0.1) is 13.8 Å². The van der Waals surface area contributed by atoms with Gasteiger partial charge in [0.25, 0.3) is 0 Å². The van der Waals surface area contributed by atoms with Crippen LogP contribution in [0.1, 0.15) is 35.6 Å². The maximum absolute atomic E-state index is 6.09. The van der Waals surface area contributed by atoms with Crippen molar-refractivity contribution in [2.24, 2.45) is 5.16 Å². The molecule has 0 unspecified atom stereocenters. The summed E-state index contributed by atoms with van der Waals surface area (Å²) in [6.07, 6.45) is 7.96. The fourth-order valence-electron chi connectivity index (χ4n) is 2.80. The molecule has 144 valence electrons. The van der Waals surface area contributed by atoms with Gasteiger partial charge in [-0.1, -0.05) is 41.6 Å². The van der Waals surface area contributed by atoms with Crippen molar-refractivity contribution in [3.63, 3.8) is 0 Å². The third-order valence-electron chi connectivity index (χ3n) is 4.16. The molecule has 0 N–H and O–H groups in total. The summed E-state index contributed by atoms with van der Waals surface area (Å²) >= 11 is 1.85. The first kappa shape index (κ1) is 21.1. The second-order valence-corrected chi connectivity index (χ2v) is 7.47. The van der Waals surface area contributed by atoms with Crippen molar-refractivity contribution in [2.45, 2.75) is 38.5 Å². The summed E-state index contributed by atoms with van der Waals surface area (Å²) in [5.41, 5.74) is 4.76. The molecule has 27 heavy (non-hydrogen) atoms. The molecule has 2 aromatic carbocycles. The lowest BCUT2D eigenvalue weighted by molar-refractivity contribution is 0.215. The number of oxime groups is 1. The third-order valence-corrected chi connectivity index (χ3v) is 5.09. The molecule has 0 bridgehead atoms. The van der Waals surface area contributed by atoms with Crippen LogP contribution in [0.3, 0.4) is 0 Å². The second-order valence-electron chi connectivity index (χ2n) is 6.38. The quantitative estimate of drug-likeness (QED) is 0.167. The molecule has 4 heteroatoms. The summed E-state index contributed by atoms with van der Waals surface area (Å²) in [6, 6.07) is 12.8. The third kappa shape index (κ3) is 7.14. The molecule has 0 aromatic heterocycles. The second kappa shape index (κ2) is 11.5. The minimum absolute atomic E-state index is 0.722. The Balaban J connectivity index is 1.83. The van der Waals surface area contributed by atoms with E-state index in [1.54, 1.807) is 13.3 Å². The van der Waals surface area contributed by atoms with Crippen LogP contribution in [0.15, 0.2) is 58.6 Å². The first-order chi connectivity index (χ1) is 13.1. The van der Waals surface area contributed by atoms with Gasteiger partial charge in [0.1, 0.15) is 12.9 Å². The van der Waals surface area contributed by atoms with Crippen molar-refractivity contribution in [1.82, 2.24) is 0 Å². The Morgan fingerprint density at radius 3 is 2.41 bits per heavy atom. The maximum atomic E-state index is 6.09. The molecule has 0 aliphatic carbocycles. The number of hydrogen-bond donors (Lipinski definition) is 0. The molecule has 0 spiro atoms. The molecule has 0 saturated heterocycles. The van der Waals surface area contributed by atoms with Crippen molar-refractivity contribution >= 4 is 18.0 Å². The molecule has 0 radical (unpaired) electrons. The zero-order valence-corrected chi connectivity index (χ0v) is 17.5. The Hall–Kier alpha value is -2.20. The van der Waals surface area contributed by atoms with Gasteiger partial charge < -0.3 is 9.57 Å². The van der Waals surface area contributed by atoms with E-state index in [1.165, 1.54) is 21.6 Å². The Kier molecular flexibility index (Phi) is 8.99.